The second-order valence-corrected chi connectivity index (χ2v) is 6.31. The lowest BCUT2D eigenvalue weighted by atomic mass is 10.1. The molecular formula is C15H16FNO2S. The topological polar surface area (TPSA) is 49.3 Å². The van der Waals surface area contributed by atoms with E-state index in [1.807, 2.05) is 0 Å². The Bertz CT molecular complexity index is 640. The smallest absolute Gasteiger partial charge is 0.261 e. The average molecular weight is 293 g/mol. The Kier molecular flexibility index (Phi) is 3.72. The number of rotatable bonds is 3. The minimum Gasteiger partial charge on any atom is -0.393 e. The Morgan fingerprint density at radius 1 is 1.45 bits per heavy atom. The van der Waals surface area contributed by atoms with Gasteiger partial charge in [0.25, 0.3) is 5.91 Å². The van der Waals surface area contributed by atoms with Crippen molar-refractivity contribution < 1.29 is 14.3 Å². The van der Waals surface area contributed by atoms with Crippen LogP contribution in [0.25, 0.3) is 10.1 Å². The molecule has 1 aromatic heterocycles. The van der Waals surface area contributed by atoms with Crippen molar-refractivity contribution in [2.24, 2.45) is 5.92 Å². The number of carbonyl (C=O) groups excluding carboxylic acids is 1. The SMILES string of the molecule is O=C(NCC1CCCC1O)c1cc2c(F)cccc2s1. The lowest BCUT2D eigenvalue weighted by Gasteiger charge is -2.14. The quantitative estimate of drug-likeness (QED) is 0.914. The fraction of sp³-hybridized carbons (Fsp3) is 0.400. The molecule has 0 spiro atoms. The molecule has 1 heterocycles. The Labute approximate surface area is 120 Å². The molecule has 2 aromatic rings. The summed E-state index contributed by atoms with van der Waals surface area (Å²) in [6.45, 7) is 0.483. The Balaban J connectivity index is 1.71. The highest BCUT2D eigenvalue weighted by atomic mass is 32.1. The summed E-state index contributed by atoms with van der Waals surface area (Å²) < 4.78 is 14.4. The van der Waals surface area contributed by atoms with Crippen molar-refractivity contribution >= 4 is 27.3 Å². The van der Waals surface area contributed by atoms with Crippen LogP contribution in [0.5, 0.6) is 0 Å². The zero-order valence-corrected chi connectivity index (χ0v) is 11.8. The maximum Gasteiger partial charge on any atom is 0.261 e. The summed E-state index contributed by atoms with van der Waals surface area (Å²) in [5, 5.41) is 13.1. The van der Waals surface area contributed by atoms with Crippen molar-refractivity contribution in [2.45, 2.75) is 25.4 Å². The molecule has 0 radical (unpaired) electrons. The minimum atomic E-state index is -0.310. The zero-order valence-electron chi connectivity index (χ0n) is 10.9. The summed E-state index contributed by atoms with van der Waals surface area (Å²) in [7, 11) is 0. The number of fused-ring (bicyclic) bond motifs is 1. The molecule has 1 aliphatic carbocycles. The summed E-state index contributed by atoms with van der Waals surface area (Å²) in [6, 6.07) is 6.44. The second-order valence-electron chi connectivity index (χ2n) is 5.23. The van der Waals surface area contributed by atoms with Gasteiger partial charge in [-0.05, 0) is 31.0 Å². The normalized spacial score (nSPS) is 22.3. The van der Waals surface area contributed by atoms with E-state index in [0.717, 1.165) is 24.0 Å². The molecule has 106 valence electrons. The number of benzene rings is 1. The summed E-state index contributed by atoms with van der Waals surface area (Å²) in [6.07, 6.45) is 2.46. The lowest BCUT2D eigenvalue weighted by Crippen LogP contribution is -2.31. The molecule has 2 atom stereocenters. The van der Waals surface area contributed by atoms with Gasteiger partial charge in [0.15, 0.2) is 0 Å². The van der Waals surface area contributed by atoms with Gasteiger partial charge in [-0.25, -0.2) is 4.39 Å². The van der Waals surface area contributed by atoms with E-state index in [1.165, 1.54) is 17.4 Å². The van der Waals surface area contributed by atoms with Crippen LogP contribution in [-0.4, -0.2) is 23.7 Å². The highest BCUT2D eigenvalue weighted by Gasteiger charge is 2.25. The fourth-order valence-electron chi connectivity index (χ4n) is 2.70. The third-order valence-electron chi connectivity index (χ3n) is 3.88. The largest absolute Gasteiger partial charge is 0.393 e. The van der Waals surface area contributed by atoms with Crippen LogP contribution in [0.15, 0.2) is 24.3 Å². The molecule has 0 bridgehead atoms. The molecular weight excluding hydrogens is 277 g/mol. The van der Waals surface area contributed by atoms with Crippen molar-refractivity contribution in [1.82, 2.24) is 5.32 Å². The summed E-state index contributed by atoms with van der Waals surface area (Å²) in [5.74, 6) is -0.348. The molecule has 2 unspecified atom stereocenters. The van der Waals surface area contributed by atoms with E-state index < -0.39 is 0 Å². The average Bonchev–Trinajstić information content (AvgIpc) is 3.03. The van der Waals surface area contributed by atoms with E-state index >= 15 is 0 Å². The van der Waals surface area contributed by atoms with E-state index in [-0.39, 0.29) is 23.7 Å². The fourth-order valence-corrected chi connectivity index (χ4v) is 3.70. The summed E-state index contributed by atoms with van der Waals surface area (Å²) in [4.78, 5) is 12.6. The van der Waals surface area contributed by atoms with Crippen LogP contribution in [0.2, 0.25) is 0 Å². The highest BCUT2D eigenvalue weighted by Crippen LogP contribution is 2.28. The number of nitrogens with one attached hydrogen (secondary N) is 1. The van der Waals surface area contributed by atoms with Crippen LogP contribution in [0.4, 0.5) is 4.39 Å². The standard InChI is InChI=1S/C15H16FNO2S/c16-11-4-2-6-13-10(11)7-14(20-13)15(19)17-8-9-3-1-5-12(9)18/h2,4,6-7,9,12,18H,1,3,5,8H2,(H,17,19). The van der Waals surface area contributed by atoms with Gasteiger partial charge in [0, 0.05) is 22.5 Å². The van der Waals surface area contributed by atoms with Crippen LogP contribution >= 0.6 is 11.3 Å². The van der Waals surface area contributed by atoms with Crippen LogP contribution in [0, 0.1) is 11.7 Å². The van der Waals surface area contributed by atoms with Crippen molar-refractivity contribution in [3.05, 3.63) is 35.0 Å². The molecule has 1 saturated carbocycles. The number of halogens is 1. The lowest BCUT2D eigenvalue weighted by molar-refractivity contribution is 0.0921. The highest BCUT2D eigenvalue weighted by molar-refractivity contribution is 7.20. The van der Waals surface area contributed by atoms with Crippen molar-refractivity contribution in [1.29, 1.82) is 0 Å². The molecule has 1 amide bonds. The molecule has 2 N–H and O–H groups in total. The first-order valence-corrected chi connectivity index (χ1v) is 7.61. The van der Waals surface area contributed by atoms with E-state index in [4.69, 9.17) is 0 Å². The Morgan fingerprint density at radius 3 is 3.00 bits per heavy atom. The number of aliphatic hydroxyl groups excluding tert-OH is 1. The van der Waals surface area contributed by atoms with Crippen LogP contribution < -0.4 is 5.32 Å². The third-order valence-corrected chi connectivity index (χ3v) is 4.97. The van der Waals surface area contributed by atoms with Crippen molar-refractivity contribution in [2.75, 3.05) is 6.54 Å². The van der Waals surface area contributed by atoms with E-state index in [1.54, 1.807) is 18.2 Å². The minimum absolute atomic E-state index is 0.144. The van der Waals surface area contributed by atoms with Gasteiger partial charge in [-0.3, -0.25) is 4.79 Å². The maximum absolute atomic E-state index is 13.6. The molecule has 20 heavy (non-hydrogen) atoms. The molecule has 3 rings (SSSR count). The Hall–Kier alpha value is -1.46. The van der Waals surface area contributed by atoms with Crippen molar-refractivity contribution in [3.8, 4) is 0 Å². The molecule has 3 nitrogen and oxygen atoms in total. The van der Waals surface area contributed by atoms with E-state index in [0.29, 0.717) is 16.8 Å². The van der Waals surface area contributed by atoms with Gasteiger partial charge in [0.05, 0.1) is 11.0 Å². The van der Waals surface area contributed by atoms with Crippen molar-refractivity contribution in [3.63, 3.8) is 0 Å². The van der Waals surface area contributed by atoms with Gasteiger partial charge in [-0.1, -0.05) is 12.5 Å². The summed E-state index contributed by atoms with van der Waals surface area (Å²) in [5.41, 5.74) is 0. The van der Waals surface area contributed by atoms with E-state index in [2.05, 4.69) is 5.32 Å². The summed E-state index contributed by atoms with van der Waals surface area (Å²) >= 11 is 1.29. The molecule has 0 saturated heterocycles. The number of amides is 1. The number of hydrogen-bond donors (Lipinski definition) is 2. The van der Waals surface area contributed by atoms with Crippen LogP contribution in [0.3, 0.4) is 0 Å². The monoisotopic (exact) mass is 293 g/mol. The van der Waals surface area contributed by atoms with Gasteiger partial charge in [-0.2, -0.15) is 0 Å². The molecule has 1 aliphatic rings. The number of aliphatic hydroxyl groups is 1. The molecule has 1 fully saturated rings. The van der Waals surface area contributed by atoms with Crippen LogP contribution in [-0.2, 0) is 0 Å². The first-order chi connectivity index (χ1) is 9.65. The van der Waals surface area contributed by atoms with Gasteiger partial charge in [0.1, 0.15) is 5.82 Å². The van der Waals surface area contributed by atoms with Gasteiger partial charge >= 0.3 is 0 Å². The first-order valence-electron chi connectivity index (χ1n) is 6.79. The maximum atomic E-state index is 13.6. The van der Waals surface area contributed by atoms with Gasteiger partial charge in [0.2, 0.25) is 0 Å². The zero-order chi connectivity index (χ0) is 14.1. The van der Waals surface area contributed by atoms with Gasteiger partial charge < -0.3 is 10.4 Å². The molecule has 5 heteroatoms. The Morgan fingerprint density at radius 2 is 2.30 bits per heavy atom. The van der Waals surface area contributed by atoms with E-state index in [9.17, 15) is 14.3 Å². The number of hydrogen-bond acceptors (Lipinski definition) is 3. The molecule has 0 aliphatic heterocycles. The molecule has 1 aromatic carbocycles. The first kappa shape index (κ1) is 13.5. The predicted octanol–water partition coefficient (Wildman–Crippen LogP) is 2.93. The number of carbonyl (C=O) groups is 1. The van der Waals surface area contributed by atoms with Gasteiger partial charge in [-0.15, -0.1) is 11.3 Å². The number of thiophene rings is 1. The third kappa shape index (κ3) is 2.55. The van der Waals surface area contributed by atoms with Crippen LogP contribution in [0.1, 0.15) is 28.9 Å². The predicted molar refractivity (Wildman–Crippen MR) is 77.5 cm³/mol. The second kappa shape index (κ2) is 5.50.